The fourth-order valence-electron chi connectivity index (χ4n) is 2.18. The Hall–Kier alpha value is -1.37. The van der Waals surface area contributed by atoms with E-state index in [1.165, 1.54) is 6.07 Å². The molecule has 2 aliphatic heterocycles. The van der Waals surface area contributed by atoms with Crippen molar-refractivity contribution in [2.45, 2.75) is 12.2 Å². The molecule has 3 nitrogen and oxygen atoms in total. The number of fused-ring (bicyclic) bond motifs is 3. The maximum absolute atomic E-state index is 12.6. The van der Waals surface area contributed by atoms with Crippen LogP contribution in [0.5, 0.6) is 0 Å². The van der Waals surface area contributed by atoms with Crippen LogP contribution in [0.4, 0.5) is 24.5 Å². The Labute approximate surface area is 105 Å². The first-order valence-corrected chi connectivity index (χ1v) is 6.49. The van der Waals surface area contributed by atoms with E-state index in [1.807, 2.05) is 4.90 Å². The largest absolute Gasteiger partial charge is 0.416 e. The van der Waals surface area contributed by atoms with Crippen LogP contribution in [0.3, 0.4) is 0 Å². The van der Waals surface area contributed by atoms with Crippen molar-refractivity contribution < 1.29 is 18.0 Å². The van der Waals surface area contributed by atoms with E-state index in [0.29, 0.717) is 17.3 Å². The standard InChI is InChI=1S/C11H9F3N2OS/c12-11(13,14)6-1-2-8-7(3-6)15-10(17)9-4-18-5-16(8)9/h1-3,9H,4-5H2,(H,15,17). The highest BCUT2D eigenvalue weighted by Gasteiger charge is 2.38. The molecule has 96 valence electrons. The molecule has 3 rings (SSSR count). The van der Waals surface area contributed by atoms with E-state index in [4.69, 9.17) is 0 Å². The van der Waals surface area contributed by atoms with Gasteiger partial charge in [0.2, 0.25) is 5.91 Å². The van der Waals surface area contributed by atoms with Crippen molar-refractivity contribution in [1.82, 2.24) is 0 Å². The molecule has 1 unspecified atom stereocenters. The third-order valence-electron chi connectivity index (χ3n) is 3.08. The molecule has 1 N–H and O–H groups in total. The lowest BCUT2D eigenvalue weighted by molar-refractivity contribution is -0.137. The Morgan fingerprint density at radius 2 is 2.17 bits per heavy atom. The predicted molar refractivity (Wildman–Crippen MR) is 63.7 cm³/mol. The predicted octanol–water partition coefficient (Wildman–Crippen LogP) is 2.54. The molecule has 1 fully saturated rings. The molecule has 1 saturated heterocycles. The van der Waals surface area contributed by atoms with Gasteiger partial charge in [-0.1, -0.05) is 0 Å². The summed E-state index contributed by atoms with van der Waals surface area (Å²) in [5.41, 5.74) is 0.165. The maximum atomic E-state index is 12.6. The molecule has 1 atom stereocenters. The summed E-state index contributed by atoms with van der Waals surface area (Å²) in [5.74, 6) is 1.08. The van der Waals surface area contributed by atoms with Crippen molar-refractivity contribution >= 4 is 29.0 Å². The number of hydrogen-bond donors (Lipinski definition) is 1. The highest BCUT2D eigenvalue weighted by molar-refractivity contribution is 7.99. The van der Waals surface area contributed by atoms with Crippen molar-refractivity contribution in [3.05, 3.63) is 23.8 Å². The van der Waals surface area contributed by atoms with E-state index in [-0.39, 0.29) is 17.6 Å². The average Bonchev–Trinajstić information content (AvgIpc) is 2.77. The molecule has 0 aliphatic carbocycles. The summed E-state index contributed by atoms with van der Waals surface area (Å²) in [5, 5.41) is 2.55. The summed E-state index contributed by atoms with van der Waals surface area (Å²) in [6, 6.07) is 3.21. The number of benzene rings is 1. The van der Waals surface area contributed by atoms with Crippen LogP contribution in [0.1, 0.15) is 5.56 Å². The van der Waals surface area contributed by atoms with Gasteiger partial charge in [-0.3, -0.25) is 4.79 Å². The first kappa shape index (κ1) is 11.7. The maximum Gasteiger partial charge on any atom is 0.416 e. The minimum Gasteiger partial charge on any atom is -0.348 e. The molecule has 2 heterocycles. The second-order valence-corrected chi connectivity index (χ2v) is 5.20. The molecule has 0 radical (unpaired) electrons. The van der Waals surface area contributed by atoms with Crippen molar-refractivity contribution in [2.24, 2.45) is 0 Å². The number of rotatable bonds is 0. The Balaban J connectivity index is 2.05. The highest BCUT2D eigenvalue weighted by atomic mass is 32.2. The normalized spacial score (nSPS) is 22.5. The van der Waals surface area contributed by atoms with Crippen molar-refractivity contribution in [3.8, 4) is 0 Å². The zero-order valence-electron chi connectivity index (χ0n) is 9.12. The molecule has 1 aromatic carbocycles. The molecular weight excluding hydrogens is 265 g/mol. The molecule has 2 aliphatic rings. The van der Waals surface area contributed by atoms with E-state index < -0.39 is 11.7 Å². The van der Waals surface area contributed by atoms with Crippen LogP contribution in [0.25, 0.3) is 0 Å². The first-order chi connectivity index (χ1) is 8.47. The second kappa shape index (κ2) is 3.81. The number of alkyl halides is 3. The fraction of sp³-hybridized carbons (Fsp3) is 0.364. The van der Waals surface area contributed by atoms with Crippen LogP contribution in [0.2, 0.25) is 0 Å². The van der Waals surface area contributed by atoms with Gasteiger partial charge < -0.3 is 10.2 Å². The van der Waals surface area contributed by atoms with E-state index in [1.54, 1.807) is 11.8 Å². The van der Waals surface area contributed by atoms with Crippen LogP contribution in [0.15, 0.2) is 18.2 Å². The molecule has 18 heavy (non-hydrogen) atoms. The number of halogens is 3. The van der Waals surface area contributed by atoms with Crippen LogP contribution in [-0.4, -0.2) is 23.6 Å². The molecule has 0 saturated carbocycles. The quantitative estimate of drug-likeness (QED) is 0.789. The Bertz CT molecular complexity index is 518. The van der Waals surface area contributed by atoms with E-state index in [2.05, 4.69) is 5.32 Å². The van der Waals surface area contributed by atoms with Gasteiger partial charge in [0.15, 0.2) is 0 Å². The average molecular weight is 274 g/mol. The monoisotopic (exact) mass is 274 g/mol. The molecule has 1 amide bonds. The summed E-state index contributed by atoms with van der Waals surface area (Å²) < 4.78 is 37.8. The molecule has 0 aromatic heterocycles. The Kier molecular flexibility index (Phi) is 2.48. The van der Waals surface area contributed by atoms with Crippen LogP contribution in [-0.2, 0) is 11.0 Å². The van der Waals surface area contributed by atoms with Crippen LogP contribution >= 0.6 is 11.8 Å². The molecule has 1 aromatic rings. The molecular formula is C11H9F3N2OS. The van der Waals surface area contributed by atoms with Gasteiger partial charge >= 0.3 is 6.18 Å². The Morgan fingerprint density at radius 3 is 2.89 bits per heavy atom. The Morgan fingerprint density at radius 1 is 1.39 bits per heavy atom. The topological polar surface area (TPSA) is 32.3 Å². The minimum atomic E-state index is -4.39. The number of nitrogens with one attached hydrogen (secondary N) is 1. The first-order valence-electron chi connectivity index (χ1n) is 5.33. The highest BCUT2D eigenvalue weighted by Crippen LogP contribution is 2.40. The second-order valence-electron chi connectivity index (χ2n) is 4.20. The fourth-order valence-corrected chi connectivity index (χ4v) is 3.35. The number of nitrogens with zero attached hydrogens (tertiary/aromatic N) is 1. The third-order valence-corrected chi connectivity index (χ3v) is 4.09. The molecule has 7 heteroatoms. The summed E-state index contributed by atoms with van der Waals surface area (Å²) in [7, 11) is 0. The van der Waals surface area contributed by atoms with Gasteiger partial charge in [-0.25, -0.2) is 0 Å². The minimum absolute atomic E-state index is 0.230. The number of carbonyl (C=O) groups is 1. The van der Waals surface area contributed by atoms with Crippen LogP contribution < -0.4 is 10.2 Å². The van der Waals surface area contributed by atoms with E-state index in [9.17, 15) is 18.0 Å². The smallest absolute Gasteiger partial charge is 0.348 e. The van der Waals surface area contributed by atoms with Crippen molar-refractivity contribution in [2.75, 3.05) is 21.8 Å². The summed E-state index contributed by atoms with van der Waals surface area (Å²) in [6.45, 7) is 0. The number of hydrogen-bond acceptors (Lipinski definition) is 3. The molecule has 0 spiro atoms. The van der Waals surface area contributed by atoms with E-state index >= 15 is 0 Å². The van der Waals surface area contributed by atoms with Crippen molar-refractivity contribution in [1.29, 1.82) is 0 Å². The van der Waals surface area contributed by atoms with Crippen molar-refractivity contribution in [3.63, 3.8) is 0 Å². The SMILES string of the molecule is O=C1Nc2cc(C(F)(F)F)ccc2N2CSCC12. The van der Waals surface area contributed by atoms with Gasteiger partial charge in [0, 0.05) is 5.75 Å². The number of thioether (sulfide) groups is 1. The zero-order chi connectivity index (χ0) is 12.9. The van der Waals surface area contributed by atoms with Gasteiger partial charge in [-0.05, 0) is 18.2 Å². The third kappa shape index (κ3) is 1.73. The number of anilines is 2. The van der Waals surface area contributed by atoms with E-state index in [0.717, 1.165) is 12.1 Å². The zero-order valence-corrected chi connectivity index (χ0v) is 9.94. The summed E-state index contributed by atoms with van der Waals surface area (Å²) in [6.07, 6.45) is -4.39. The van der Waals surface area contributed by atoms with Crippen LogP contribution in [0, 0.1) is 0 Å². The lowest BCUT2D eigenvalue weighted by atomic mass is 10.1. The lowest BCUT2D eigenvalue weighted by Gasteiger charge is -2.32. The number of carbonyl (C=O) groups excluding carboxylic acids is 1. The lowest BCUT2D eigenvalue weighted by Crippen LogP contribution is -2.45. The summed E-state index contributed by atoms with van der Waals surface area (Å²) >= 11 is 1.60. The van der Waals surface area contributed by atoms with Gasteiger partial charge in [0.1, 0.15) is 6.04 Å². The summed E-state index contributed by atoms with van der Waals surface area (Å²) in [4.78, 5) is 13.6. The van der Waals surface area contributed by atoms with Gasteiger partial charge in [-0.15, -0.1) is 11.8 Å². The number of amides is 1. The molecule has 0 bridgehead atoms. The van der Waals surface area contributed by atoms with Gasteiger partial charge in [-0.2, -0.15) is 13.2 Å². The van der Waals surface area contributed by atoms with Gasteiger partial charge in [0.25, 0.3) is 0 Å². The van der Waals surface area contributed by atoms with Gasteiger partial charge in [0.05, 0.1) is 22.8 Å².